The minimum atomic E-state index is -3.83. The van der Waals surface area contributed by atoms with Crippen LogP contribution in [0.25, 0.3) is 22.4 Å². The molecular formula is C22H16N4O7S. The van der Waals surface area contributed by atoms with Gasteiger partial charge in [0.2, 0.25) is 0 Å². The van der Waals surface area contributed by atoms with Crippen molar-refractivity contribution in [1.82, 2.24) is 15.8 Å². The van der Waals surface area contributed by atoms with Crippen LogP contribution in [-0.4, -0.2) is 36.4 Å². The molecular weight excluding hydrogens is 464 g/mol. The number of non-ortho nitro benzene ring substituents is 1. The fraction of sp³-hybridized carbons (Fsp3) is 0.0455. The number of nitrogens with zero attached hydrogens (tertiary/aromatic N) is 2. The maximum absolute atomic E-state index is 12.9. The predicted molar refractivity (Wildman–Crippen MR) is 121 cm³/mol. The fourth-order valence-electron chi connectivity index (χ4n) is 3.20. The van der Waals surface area contributed by atoms with Crippen LogP contribution in [0.4, 0.5) is 5.69 Å². The lowest BCUT2D eigenvalue weighted by Crippen LogP contribution is -2.41. The number of rotatable bonds is 5. The second-order valence-electron chi connectivity index (χ2n) is 7.20. The number of hydrogen-bond acceptors (Lipinski definition) is 8. The van der Waals surface area contributed by atoms with Gasteiger partial charge >= 0.3 is 0 Å². The minimum Gasteiger partial charge on any atom is -0.463 e. The van der Waals surface area contributed by atoms with Gasteiger partial charge in [-0.2, -0.15) is 0 Å². The number of para-hydroxylation sites is 1. The zero-order valence-corrected chi connectivity index (χ0v) is 18.3. The van der Waals surface area contributed by atoms with Crippen LogP contribution in [0.1, 0.15) is 20.7 Å². The van der Waals surface area contributed by atoms with E-state index in [1.165, 1.54) is 12.3 Å². The molecule has 0 fully saturated rings. The standard InChI is InChI=1S/C22H16N4O7S/c1-34(31,32)15-10-13(9-14(11-15)26(29)30)21(27)24-25-22(28)17-12-19(20-7-4-8-33-20)23-18-6-3-2-5-16(17)18/h2-12H,1H3,(H,24,27)(H,25,28). The van der Waals surface area contributed by atoms with Crippen molar-refractivity contribution < 1.29 is 27.3 Å². The molecule has 0 bridgehead atoms. The first kappa shape index (κ1) is 22.6. The van der Waals surface area contributed by atoms with Gasteiger partial charge in [-0.3, -0.25) is 30.6 Å². The monoisotopic (exact) mass is 480 g/mol. The summed E-state index contributed by atoms with van der Waals surface area (Å²) in [7, 11) is -3.83. The highest BCUT2D eigenvalue weighted by Crippen LogP contribution is 2.25. The molecule has 4 rings (SSSR count). The molecule has 2 N–H and O–H groups in total. The molecule has 34 heavy (non-hydrogen) atoms. The third-order valence-electron chi connectivity index (χ3n) is 4.82. The summed E-state index contributed by atoms with van der Waals surface area (Å²) in [4.78, 5) is 39.9. The minimum absolute atomic E-state index is 0.188. The van der Waals surface area contributed by atoms with E-state index in [0.717, 1.165) is 24.5 Å². The molecule has 0 aliphatic heterocycles. The molecule has 0 spiro atoms. The van der Waals surface area contributed by atoms with E-state index in [-0.39, 0.29) is 11.1 Å². The lowest BCUT2D eigenvalue weighted by Gasteiger charge is -2.11. The quantitative estimate of drug-likeness (QED) is 0.325. The molecule has 2 aromatic heterocycles. The molecule has 0 saturated carbocycles. The van der Waals surface area contributed by atoms with E-state index >= 15 is 0 Å². The number of hydrazine groups is 1. The van der Waals surface area contributed by atoms with Crippen LogP contribution < -0.4 is 10.9 Å². The van der Waals surface area contributed by atoms with Crippen molar-refractivity contribution in [2.24, 2.45) is 0 Å². The predicted octanol–water partition coefficient (Wildman–Crippen LogP) is 2.88. The summed E-state index contributed by atoms with van der Waals surface area (Å²) in [6, 6.07) is 14.5. The number of nitro benzene ring substituents is 1. The largest absolute Gasteiger partial charge is 0.463 e. The van der Waals surface area contributed by atoms with E-state index in [1.807, 2.05) is 0 Å². The van der Waals surface area contributed by atoms with Crippen molar-refractivity contribution in [2.45, 2.75) is 4.90 Å². The Morgan fingerprint density at radius 1 is 1.00 bits per heavy atom. The van der Waals surface area contributed by atoms with Crippen LogP contribution in [0.5, 0.6) is 0 Å². The number of benzene rings is 2. The summed E-state index contributed by atoms with van der Waals surface area (Å²) in [5.74, 6) is -1.19. The second kappa shape index (κ2) is 8.75. The first-order chi connectivity index (χ1) is 16.1. The Hall–Kier alpha value is -4.58. The van der Waals surface area contributed by atoms with Crippen molar-refractivity contribution in [3.63, 3.8) is 0 Å². The van der Waals surface area contributed by atoms with E-state index < -0.39 is 37.2 Å². The summed E-state index contributed by atoms with van der Waals surface area (Å²) in [5, 5.41) is 11.7. The summed E-state index contributed by atoms with van der Waals surface area (Å²) in [6.45, 7) is 0. The van der Waals surface area contributed by atoms with Crippen molar-refractivity contribution in [1.29, 1.82) is 0 Å². The van der Waals surface area contributed by atoms with Gasteiger partial charge in [0.05, 0.1) is 27.2 Å². The second-order valence-corrected chi connectivity index (χ2v) is 9.22. The Labute approximate surface area is 192 Å². The number of nitrogens with one attached hydrogen (secondary N) is 2. The van der Waals surface area contributed by atoms with Gasteiger partial charge in [0.25, 0.3) is 17.5 Å². The number of fused-ring (bicyclic) bond motifs is 1. The average molecular weight is 480 g/mol. The molecule has 0 saturated heterocycles. The van der Waals surface area contributed by atoms with Crippen LogP contribution in [0.15, 0.2) is 76.2 Å². The van der Waals surface area contributed by atoms with E-state index in [1.54, 1.807) is 36.4 Å². The number of amides is 2. The van der Waals surface area contributed by atoms with Crippen LogP contribution in [0.2, 0.25) is 0 Å². The molecule has 0 unspecified atom stereocenters. The zero-order valence-electron chi connectivity index (χ0n) is 17.5. The van der Waals surface area contributed by atoms with Gasteiger partial charge in [0.15, 0.2) is 15.6 Å². The molecule has 4 aromatic rings. The van der Waals surface area contributed by atoms with Crippen molar-refractivity contribution in [3.8, 4) is 11.5 Å². The number of aromatic nitrogens is 1. The Bertz CT molecular complexity index is 1550. The van der Waals surface area contributed by atoms with Crippen LogP contribution in [0, 0.1) is 10.1 Å². The SMILES string of the molecule is CS(=O)(=O)c1cc(C(=O)NNC(=O)c2cc(-c3ccco3)nc3ccccc23)cc([N+](=O)[O-])c1. The van der Waals surface area contributed by atoms with Gasteiger partial charge in [-0.05, 0) is 30.3 Å². The molecule has 0 atom stereocenters. The van der Waals surface area contributed by atoms with Crippen molar-refractivity contribution in [3.05, 3.63) is 88.2 Å². The van der Waals surface area contributed by atoms with E-state index in [0.29, 0.717) is 22.4 Å². The molecule has 2 aromatic carbocycles. The molecule has 12 heteroatoms. The number of hydrogen-bond donors (Lipinski definition) is 2. The molecule has 172 valence electrons. The van der Waals surface area contributed by atoms with E-state index in [4.69, 9.17) is 4.42 Å². The van der Waals surface area contributed by atoms with Crippen molar-refractivity contribution in [2.75, 3.05) is 6.26 Å². The Balaban J connectivity index is 1.63. The lowest BCUT2D eigenvalue weighted by atomic mass is 10.1. The first-order valence-corrected chi connectivity index (χ1v) is 11.6. The first-order valence-electron chi connectivity index (χ1n) is 9.67. The number of sulfone groups is 1. The molecule has 0 aliphatic carbocycles. The molecule has 2 heterocycles. The number of pyridine rings is 1. The maximum Gasteiger partial charge on any atom is 0.271 e. The third kappa shape index (κ3) is 4.61. The highest BCUT2D eigenvalue weighted by molar-refractivity contribution is 7.90. The summed E-state index contributed by atoms with van der Waals surface area (Å²) in [6.07, 6.45) is 2.33. The third-order valence-corrected chi connectivity index (χ3v) is 5.91. The van der Waals surface area contributed by atoms with Gasteiger partial charge in [-0.15, -0.1) is 0 Å². The van der Waals surface area contributed by atoms with Gasteiger partial charge in [0.1, 0.15) is 5.69 Å². The van der Waals surface area contributed by atoms with E-state index in [9.17, 15) is 28.1 Å². The average Bonchev–Trinajstić information content (AvgIpc) is 3.35. The van der Waals surface area contributed by atoms with E-state index in [2.05, 4.69) is 15.8 Å². The number of furan rings is 1. The fourth-order valence-corrected chi connectivity index (χ4v) is 3.88. The number of carbonyl (C=O) groups is 2. The van der Waals surface area contributed by atoms with Gasteiger partial charge in [-0.25, -0.2) is 13.4 Å². The number of nitro groups is 1. The Morgan fingerprint density at radius 3 is 2.41 bits per heavy atom. The maximum atomic E-state index is 12.9. The Morgan fingerprint density at radius 2 is 1.74 bits per heavy atom. The molecule has 0 aliphatic rings. The van der Waals surface area contributed by atoms with Crippen LogP contribution in [0.3, 0.4) is 0 Å². The normalized spacial score (nSPS) is 11.2. The summed E-state index contributed by atoms with van der Waals surface area (Å²) in [5.41, 5.74) is 4.62. The highest BCUT2D eigenvalue weighted by atomic mass is 32.2. The lowest BCUT2D eigenvalue weighted by molar-refractivity contribution is -0.385. The van der Waals surface area contributed by atoms with Crippen LogP contribution in [-0.2, 0) is 9.84 Å². The van der Waals surface area contributed by atoms with Crippen LogP contribution >= 0.6 is 0 Å². The highest BCUT2D eigenvalue weighted by Gasteiger charge is 2.20. The van der Waals surface area contributed by atoms with Crippen molar-refractivity contribution >= 4 is 38.2 Å². The Kier molecular flexibility index (Phi) is 5.82. The summed E-state index contributed by atoms with van der Waals surface area (Å²) >= 11 is 0. The smallest absolute Gasteiger partial charge is 0.271 e. The number of carbonyl (C=O) groups excluding carboxylic acids is 2. The van der Waals surface area contributed by atoms with Gasteiger partial charge < -0.3 is 4.42 Å². The molecule has 2 amide bonds. The zero-order chi connectivity index (χ0) is 24.5. The summed E-state index contributed by atoms with van der Waals surface area (Å²) < 4.78 is 29.1. The van der Waals surface area contributed by atoms with Gasteiger partial charge in [-0.1, -0.05) is 18.2 Å². The molecule has 11 nitrogen and oxygen atoms in total. The van der Waals surface area contributed by atoms with Gasteiger partial charge in [0, 0.05) is 29.3 Å². The topological polar surface area (TPSA) is 162 Å². The molecule has 0 radical (unpaired) electrons.